The molecule has 1 saturated heterocycles. The van der Waals surface area contributed by atoms with Crippen LogP contribution in [0.1, 0.15) is 31.2 Å². The Morgan fingerprint density at radius 3 is 2.56 bits per heavy atom. The first-order chi connectivity index (χ1) is 15.4. The van der Waals surface area contributed by atoms with E-state index in [9.17, 15) is 13.2 Å². The van der Waals surface area contributed by atoms with Gasteiger partial charge < -0.3 is 14.8 Å². The Hall–Kier alpha value is -2.29. The molecule has 174 valence electrons. The largest absolute Gasteiger partial charge is 0.496 e. The Morgan fingerprint density at radius 1 is 1.09 bits per heavy atom. The minimum Gasteiger partial charge on any atom is -0.496 e. The van der Waals surface area contributed by atoms with Crippen LogP contribution in [0.15, 0.2) is 47.4 Å². The maximum Gasteiger partial charge on any atom is 0.243 e. The zero-order valence-electron chi connectivity index (χ0n) is 18.2. The number of hydrogen-bond donors (Lipinski definition) is 1. The van der Waals surface area contributed by atoms with Crippen molar-refractivity contribution in [2.24, 2.45) is 0 Å². The molecule has 0 saturated carbocycles. The number of nitrogens with one attached hydrogen (secondary N) is 1. The Morgan fingerprint density at radius 2 is 1.84 bits per heavy atom. The zero-order chi connectivity index (χ0) is 23.0. The molecule has 7 nitrogen and oxygen atoms in total. The van der Waals surface area contributed by atoms with Crippen LogP contribution in [0.4, 0.5) is 0 Å². The van der Waals surface area contributed by atoms with Crippen molar-refractivity contribution in [1.29, 1.82) is 0 Å². The van der Waals surface area contributed by atoms with Crippen molar-refractivity contribution in [2.45, 2.75) is 37.0 Å². The number of ether oxygens (including phenoxy) is 2. The highest BCUT2D eigenvalue weighted by atomic mass is 35.5. The molecule has 0 radical (unpaired) electrons. The molecule has 1 aliphatic heterocycles. The van der Waals surface area contributed by atoms with Gasteiger partial charge in [0.2, 0.25) is 15.9 Å². The van der Waals surface area contributed by atoms with Crippen LogP contribution >= 0.6 is 11.6 Å². The number of halogens is 1. The second-order valence-electron chi connectivity index (χ2n) is 7.57. The van der Waals surface area contributed by atoms with E-state index in [4.69, 9.17) is 21.1 Å². The smallest absolute Gasteiger partial charge is 0.243 e. The van der Waals surface area contributed by atoms with Gasteiger partial charge in [-0.3, -0.25) is 4.79 Å². The van der Waals surface area contributed by atoms with Crippen LogP contribution in [-0.2, 0) is 21.2 Å². The number of piperidine rings is 1. The van der Waals surface area contributed by atoms with Crippen molar-refractivity contribution in [2.75, 3.05) is 33.4 Å². The minimum atomic E-state index is -3.55. The molecule has 2 aromatic rings. The SMILES string of the molecule is COc1ccc(S(=O)(=O)N2CCCCC2)cc1CCC(=O)NCCOc1ccccc1Cl. The van der Waals surface area contributed by atoms with E-state index in [1.807, 2.05) is 12.1 Å². The van der Waals surface area contributed by atoms with Crippen molar-refractivity contribution in [1.82, 2.24) is 9.62 Å². The van der Waals surface area contributed by atoms with Gasteiger partial charge in [0.25, 0.3) is 0 Å². The summed E-state index contributed by atoms with van der Waals surface area (Å²) in [6, 6.07) is 12.0. The van der Waals surface area contributed by atoms with E-state index in [0.717, 1.165) is 19.3 Å². The van der Waals surface area contributed by atoms with E-state index in [0.29, 0.717) is 54.7 Å². The third kappa shape index (κ3) is 6.37. The van der Waals surface area contributed by atoms with Crippen molar-refractivity contribution in [3.8, 4) is 11.5 Å². The quantitative estimate of drug-likeness (QED) is 0.525. The van der Waals surface area contributed by atoms with E-state index >= 15 is 0 Å². The molecule has 0 unspecified atom stereocenters. The Balaban J connectivity index is 1.54. The van der Waals surface area contributed by atoms with E-state index in [1.165, 1.54) is 11.4 Å². The number of benzene rings is 2. The Kier molecular flexibility index (Phi) is 8.78. The lowest BCUT2D eigenvalue weighted by molar-refractivity contribution is -0.121. The summed E-state index contributed by atoms with van der Waals surface area (Å²) in [6.07, 6.45) is 3.38. The third-order valence-electron chi connectivity index (χ3n) is 5.34. The molecule has 0 atom stereocenters. The number of hydrogen-bond acceptors (Lipinski definition) is 5. The van der Waals surface area contributed by atoms with Crippen molar-refractivity contribution in [3.63, 3.8) is 0 Å². The maximum absolute atomic E-state index is 13.0. The predicted molar refractivity (Wildman–Crippen MR) is 124 cm³/mol. The Labute approximate surface area is 194 Å². The number of sulfonamides is 1. The number of aryl methyl sites for hydroxylation is 1. The molecule has 9 heteroatoms. The Bertz CT molecular complexity index is 1020. The summed E-state index contributed by atoms with van der Waals surface area (Å²) in [7, 11) is -2.01. The summed E-state index contributed by atoms with van der Waals surface area (Å²) in [5.74, 6) is 0.983. The van der Waals surface area contributed by atoms with Crippen LogP contribution in [0.25, 0.3) is 0 Å². The van der Waals surface area contributed by atoms with Crippen LogP contribution in [0, 0.1) is 0 Å². The summed E-state index contributed by atoms with van der Waals surface area (Å²) >= 11 is 6.04. The first-order valence-electron chi connectivity index (χ1n) is 10.7. The molecule has 1 N–H and O–H groups in total. The van der Waals surface area contributed by atoms with Crippen LogP contribution in [0.2, 0.25) is 5.02 Å². The minimum absolute atomic E-state index is 0.154. The number of methoxy groups -OCH3 is 1. The van der Waals surface area contributed by atoms with E-state index < -0.39 is 10.0 Å². The third-order valence-corrected chi connectivity index (χ3v) is 7.55. The zero-order valence-corrected chi connectivity index (χ0v) is 19.8. The van der Waals surface area contributed by atoms with Crippen LogP contribution < -0.4 is 14.8 Å². The highest BCUT2D eigenvalue weighted by molar-refractivity contribution is 7.89. The van der Waals surface area contributed by atoms with Gasteiger partial charge in [0.1, 0.15) is 18.1 Å². The van der Waals surface area contributed by atoms with Gasteiger partial charge in [0.05, 0.1) is 23.6 Å². The molecule has 3 rings (SSSR count). The molecule has 1 fully saturated rings. The molecule has 0 spiro atoms. The first kappa shape index (κ1) is 24.4. The molecule has 32 heavy (non-hydrogen) atoms. The van der Waals surface area contributed by atoms with Crippen LogP contribution in [0.3, 0.4) is 0 Å². The number of rotatable bonds is 10. The van der Waals surface area contributed by atoms with Gasteiger partial charge in [-0.2, -0.15) is 4.31 Å². The average Bonchev–Trinajstić information content (AvgIpc) is 2.82. The van der Waals surface area contributed by atoms with Crippen molar-refractivity contribution < 1.29 is 22.7 Å². The van der Waals surface area contributed by atoms with Crippen molar-refractivity contribution in [3.05, 3.63) is 53.1 Å². The van der Waals surface area contributed by atoms with E-state index in [-0.39, 0.29) is 17.2 Å². The maximum atomic E-state index is 13.0. The van der Waals surface area contributed by atoms with Gasteiger partial charge >= 0.3 is 0 Å². The van der Waals surface area contributed by atoms with Gasteiger partial charge in [-0.1, -0.05) is 30.2 Å². The van der Waals surface area contributed by atoms with E-state index in [1.54, 1.807) is 30.3 Å². The fourth-order valence-electron chi connectivity index (χ4n) is 3.61. The highest BCUT2D eigenvalue weighted by Crippen LogP contribution is 2.27. The lowest BCUT2D eigenvalue weighted by Crippen LogP contribution is -2.35. The number of nitrogens with zero attached hydrogens (tertiary/aromatic N) is 1. The molecular formula is C23H29ClN2O5S. The summed E-state index contributed by atoms with van der Waals surface area (Å²) in [5.41, 5.74) is 0.688. The summed E-state index contributed by atoms with van der Waals surface area (Å²) in [6.45, 7) is 1.72. The molecule has 1 amide bonds. The molecule has 0 bridgehead atoms. The van der Waals surface area contributed by atoms with Gasteiger partial charge in [0, 0.05) is 19.5 Å². The molecule has 1 aliphatic rings. The second kappa shape index (κ2) is 11.5. The standard InChI is InChI=1S/C23H29ClN2O5S/c1-30-21-11-10-19(32(28,29)26-14-5-2-6-15-26)17-18(21)9-12-23(27)25-13-16-31-22-8-4-3-7-20(22)24/h3-4,7-8,10-11,17H,2,5-6,9,12-16H2,1H3,(H,25,27). The van der Waals surface area contributed by atoms with Crippen molar-refractivity contribution >= 4 is 27.5 Å². The molecule has 0 aliphatic carbocycles. The average molecular weight is 481 g/mol. The van der Waals surface area contributed by atoms with Gasteiger partial charge in [-0.25, -0.2) is 8.42 Å². The lowest BCUT2D eigenvalue weighted by atomic mass is 10.1. The molecular weight excluding hydrogens is 452 g/mol. The molecule has 2 aromatic carbocycles. The van der Waals surface area contributed by atoms with Crippen LogP contribution in [0.5, 0.6) is 11.5 Å². The van der Waals surface area contributed by atoms with Crippen LogP contribution in [-0.4, -0.2) is 52.0 Å². The van der Waals surface area contributed by atoms with Gasteiger partial charge in [-0.05, 0) is 55.2 Å². The second-order valence-corrected chi connectivity index (χ2v) is 9.91. The topological polar surface area (TPSA) is 84.9 Å². The lowest BCUT2D eigenvalue weighted by Gasteiger charge is -2.26. The molecule has 0 aromatic heterocycles. The normalized spacial score (nSPS) is 14.7. The van der Waals surface area contributed by atoms with Gasteiger partial charge in [-0.15, -0.1) is 0 Å². The van der Waals surface area contributed by atoms with E-state index in [2.05, 4.69) is 5.32 Å². The predicted octanol–water partition coefficient (Wildman–Crippen LogP) is 3.65. The number of carbonyl (C=O) groups is 1. The molecule has 1 heterocycles. The monoisotopic (exact) mass is 480 g/mol. The number of carbonyl (C=O) groups excluding carboxylic acids is 1. The fraction of sp³-hybridized carbons (Fsp3) is 0.435. The highest BCUT2D eigenvalue weighted by Gasteiger charge is 2.26. The summed E-state index contributed by atoms with van der Waals surface area (Å²) < 4.78 is 38.4. The number of para-hydroxylation sites is 1. The number of amides is 1. The summed E-state index contributed by atoms with van der Waals surface area (Å²) in [5, 5.41) is 3.32. The summed E-state index contributed by atoms with van der Waals surface area (Å²) in [4.78, 5) is 12.5. The van der Waals surface area contributed by atoms with Gasteiger partial charge in [0.15, 0.2) is 0 Å². The fourth-order valence-corrected chi connectivity index (χ4v) is 5.37. The first-order valence-corrected chi connectivity index (χ1v) is 12.5.